The summed E-state index contributed by atoms with van der Waals surface area (Å²) < 4.78 is 35.8. The molecule has 116 valence electrons. The molecule has 0 heterocycles. The summed E-state index contributed by atoms with van der Waals surface area (Å²) in [4.78, 5) is 24.8. The van der Waals surface area contributed by atoms with Crippen molar-refractivity contribution < 1.29 is 22.8 Å². The number of halogens is 3. The minimum atomic E-state index is -4.38. The Bertz CT molecular complexity index is 516. The Morgan fingerprint density at radius 3 is 2.38 bits per heavy atom. The SMILES string of the molecule is CN(C)C(=O)c1ccccc1NC(=O)CNCC(F)(F)F. The van der Waals surface area contributed by atoms with E-state index < -0.39 is 25.2 Å². The van der Waals surface area contributed by atoms with E-state index in [4.69, 9.17) is 0 Å². The first-order chi connectivity index (χ1) is 9.70. The summed E-state index contributed by atoms with van der Waals surface area (Å²) in [7, 11) is 3.12. The fourth-order valence-corrected chi connectivity index (χ4v) is 1.53. The van der Waals surface area contributed by atoms with Gasteiger partial charge >= 0.3 is 6.18 Å². The van der Waals surface area contributed by atoms with Crippen LogP contribution in [0.25, 0.3) is 0 Å². The molecule has 0 bridgehead atoms. The molecular weight excluding hydrogens is 287 g/mol. The third kappa shape index (κ3) is 5.82. The van der Waals surface area contributed by atoms with Crippen LogP contribution in [0.3, 0.4) is 0 Å². The third-order valence-corrected chi connectivity index (χ3v) is 2.45. The lowest BCUT2D eigenvalue weighted by Gasteiger charge is -2.15. The highest BCUT2D eigenvalue weighted by Gasteiger charge is 2.26. The number of hydrogen-bond acceptors (Lipinski definition) is 3. The van der Waals surface area contributed by atoms with Gasteiger partial charge in [0, 0.05) is 14.1 Å². The van der Waals surface area contributed by atoms with Crippen molar-refractivity contribution in [2.75, 3.05) is 32.5 Å². The highest BCUT2D eigenvalue weighted by molar-refractivity contribution is 6.03. The molecule has 0 radical (unpaired) electrons. The van der Waals surface area contributed by atoms with Crippen molar-refractivity contribution in [3.05, 3.63) is 29.8 Å². The van der Waals surface area contributed by atoms with Crippen molar-refractivity contribution in [2.45, 2.75) is 6.18 Å². The summed E-state index contributed by atoms with van der Waals surface area (Å²) in [6.07, 6.45) is -4.38. The van der Waals surface area contributed by atoms with Crippen molar-refractivity contribution in [3.8, 4) is 0 Å². The zero-order valence-corrected chi connectivity index (χ0v) is 11.6. The van der Waals surface area contributed by atoms with Crippen LogP contribution < -0.4 is 10.6 Å². The number of para-hydroxylation sites is 1. The number of hydrogen-bond donors (Lipinski definition) is 2. The zero-order valence-electron chi connectivity index (χ0n) is 11.6. The topological polar surface area (TPSA) is 61.4 Å². The summed E-state index contributed by atoms with van der Waals surface area (Å²) in [6, 6.07) is 6.29. The number of nitrogens with one attached hydrogen (secondary N) is 2. The predicted molar refractivity (Wildman–Crippen MR) is 72.0 cm³/mol. The number of rotatable bonds is 5. The molecule has 0 aliphatic heterocycles. The lowest BCUT2D eigenvalue weighted by molar-refractivity contribution is -0.126. The van der Waals surface area contributed by atoms with Gasteiger partial charge in [-0.1, -0.05) is 12.1 Å². The third-order valence-electron chi connectivity index (χ3n) is 2.45. The lowest BCUT2D eigenvalue weighted by atomic mass is 10.1. The van der Waals surface area contributed by atoms with Crippen LogP contribution in [0.15, 0.2) is 24.3 Å². The van der Waals surface area contributed by atoms with Crippen molar-refractivity contribution in [1.82, 2.24) is 10.2 Å². The summed E-state index contributed by atoms with van der Waals surface area (Å²) >= 11 is 0. The van der Waals surface area contributed by atoms with Crippen molar-refractivity contribution in [3.63, 3.8) is 0 Å². The molecule has 1 aromatic rings. The normalized spacial score (nSPS) is 11.1. The molecule has 0 aliphatic carbocycles. The van der Waals surface area contributed by atoms with E-state index in [1.54, 1.807) is 26.2 Å². The van der Waals surface area contributed by atoms with Gasteiger partial charge in [-0.3, -0.25) is 9.59 Å². The number of alkyl halides is 3. The Balaban J connectivity index is 2.66. The van der Waals surface area contributed by atoms with Crippen LogP contribution in [0.5, 0.6) is 0 Å². The van der Waals surface area contributed by atoms with E-state index in [1.807, 2.05) is 5.32 Å². The van der Waals surface area contributed by atoms with Gasteiger partial charge in [0.05, 0.1) is 24.3 Å². The molecule has 2 N–H and O–H groups in total. The zero-order chi connectivity index (χ0) is 16.0. The van der Waals surface area contributed by atoms with Gasteiger partial charge in [0.15, 0.2) is 0 Å². The Morgan fingerprint density at radius 2 is 1.81 bits per heavy atom. The van der Waals surface area contributed by atoms with Crippen LogP contribution in [-0.4, -0.2) is 50.1 Å². The Morgan fingerprint density at radius 1 is 1.19 bits per heavy atom. The van der Waals surface area contributed by atoms with E-state index in [0.29, 0.717) is 0 Å². The number of benzene rings is 1. The molecule has 0 unspecified atom stereocenters. The first-order valence-electron chi connectivity index (χ1n) is 6.08. The second kappa shape index (κ2) is 7.07. The maximum atomic E-state index is 11.9. The monoisotopic (exact) mass is 303 g/mol. The number of carbonyl (C=O) groups excluding carboxylic acids is 2. The van der Waals surface area contributed by atoms with E-state index in [9.17, 15) is 22.8 Å². The Kier molecular flexibility index (Phi) is 5.71. The fourth-order valence-electron chi connectivity index (χ4n) is 1.53. The summed E-state index contributed by atoms with van der Waals surface area (Å²) in [5.74, 6) is -0.965. The molecule has 0 aromatic heterocycles. The number of nitrogens with zero attached hydrogens (tertiary/aromatic N) is 1. The van der Waals surface area contributed by atoms with Crippen LogP contribution in [0.1, 0.15) is 10.4 Å². The highest BCUT2D eigenvalue weighted by atomic mass is 19.4. The van der Waals surface area contributed by atoms with E-state index in [-0.39, 0.29) is 17.2 Å². The van der Waals surface area contributed by atoms with E-state index in [1.165, 1.54) is 17.0 Å². The van der Waals surface area contributed by atoms with Crippen LogP contribution in [0.4, 0.5) is 18.9 Å². The predicted octanol–water partition coefficient (Wildman–Crippen LogP) is 1.48. The maximum absolute atomic E-state index is 11.9. The Hall–Kier alpha value is -2.09. The molecule has 8 heteroatoms. The quantitative estimate of drug-likeness (QED) is 0.866. The minimum absolute atomic E-state index is 0.259. The van der Waals surface area contributed by atoms with Gasteiger partial charge in [-0.15, -0.1) is 0 Å². The molecule has 5 nitrogen and oxygen atoms in total. The summed E-state index contributed by atoms with van der Waals surface area (Å²) in [5, 5.41) is 4.40. The van der Waals surface area contributed by atoms with Gasteiger partial charge in [0.25, 0.3) is 5.91 Å². The van der Waals surface area contributed by atoms with E-state index in [2.05, 4.69) is 5.32 Å². The second-order valence-corrected chi connectivity index (χ2v) is 4.51. The number of carbonyl (C=O) groups is 2. The molecule has 0 spiro atoms. The van der Waals surface area contributed by atoms with Gasteiger partial charge in [-0.25, -0.2) is 0 Å². The first-order valence-corrected chi connectivity index (χ1v) is 6.08. The van der Waals surface area contributed by atoms with Gasteiger partial charge in [-0.05, 0) is 12.1 Å². The molecular formula is C13H16F3N3O2. The van der Waals surface area contributed by atoms with Gasteiger partial charge in [-0.2, -0.15) is 13.2 Å². The van der Waals surface area contributed by atoms with Gasteiger partial charge in [0.2, 0.25) is 5.91 Å². The largest absolute Gasteiger partial charge is 0.401 e. The standard InChI is InChI=1S/C13H16F3N3O2/c1-19(2)12(21)9-5-3-4-6-10(9)18-11(20)7-17-8-13(14,15)16/h3-6,17H,7-8H2,1-2H3,(H,18,20). The Labute approximate surface area is 120 Å². The second-order valence-electron chi connectivity index (χ2n) is 4.51. The smallest absolute Gasteiger partial charge is 0.345 e. The van der Waals surface area contributed by atoms with Crippen molar-refractivity contribution in [2.24, 2.45) is 0 Å². The molecule has 0 atom stereocenters. The molecule has 2 amide bonds. The first kappa shape index (κ1) is 17.0. The number of anilines is 1. The highest BCUT2D eigenvalue weighted by Crippen LogP contribution is 2.16. The maximum Gasteiger partial charge on any atom is 0.401 e. The lowest BCUT2D eigenvalue weighted by Crippen LogP contribution is -2.35. The summed E-state index contributed by atoms with van der Waals surface area (Å²) in [6.45, 7) is -1.75. The summed E-state index contributed by atoms with van der Waals surface area (Å²) in [5.41, 5.74) is 0.529. The average Bonchev–Trinajstić information content (AvgIpc) is 2.36. The van der Waals surface area contributed by atoms with Crippen molar-refractivity contribution >= 4 is 17.5 Å². The average molecular weight is 303 g/mol. The molecule has 21 heavy (non-hydrogen) atoms. The molecule has 0 saturated heterocycles. The molecule has 0 fully saturated rings. The molecule has 1 aromatic carbocycles. The molecule has 0 aliphatic rings. The van der Waals surface area contributed by atoms with Crippen molar-refractivity contribution in [1.29, 1.82) is 0 Å². The van der Waals surface area contributed by atoms with Crippen LogP contribution in [-0.2, 0) is 4.79 Å². The molecule has 0 saturated carbocycles. The van der Waals surface area contributed by atoms with E-state index >= 15 is 0 Å². The van der Waals surface area contributed by atoms with Crippen LogP contribution >= 0.6 is 0 Å². The van der Waals surface area contributed by atoms with Crippen LogP contribution in [0.2, 0.25) is 0 Å². The van der Waals surface area contributed by atoms with Gasteiger partial charge in [0.1, 0.15) is 0 Å². The number of amides is 2. The van der Waals surface area contributed by atoms with Crippen LogP contribution in [0, 0.1) is 0 Å². The minimum Gasteiger partial charge on any atom is -0.345 e. The molecule has 1 rings (SSSR count). The fraction of sp³-hybridized carbons (Fsp3) is 0.385. The van der Waals surface area contributed by atoms with E-state index in [0.717, 1.165) is 0 Å². The van der Waals surface area contributed by atoms with Gasteiger partial charge < -0.3 is 15.5 Å².